The quantitative estimate of drug-likeness (QED) is 0.398. The molecule has 0 spiro atoms. The number of carboxylic acids is 1. The second kappa shape index (κ2) is 12.5. The Morgan fingerprint density at radius 2 is 2.00 bits per heavy atom. The fraction of sp³-hybridized carbons (Fsp3) is 0.714. The summed E-state index contributed by atoms with van der Waals surface area (Å²) in [5.74, 6) is -0.992. The van der Waals surface area contributed by atoms with E-state index in [1.165, 1.54) is 0 Å². The molecule has 0 aliphatic heterocycles. The van der Waals surface area contributed by atoms with Gasteiger partial charge in [-0.15, -0.1) is 0 Å². The molecule has 0 radical (unpaired) electrons. The van der Waals surface area contributed by atoms with Crippen molar-refractivity contribution in [2.24, 2.45) is 5.73 Å². The molecule has 0 aromatic carbocycles. The Morgan fingerprint density at radius 1 is 1.30 bits per heavy atom. The first-order valence-electron chi connectivity index (χ1n) is 7.12. The van der Waals surface area contributed by atoms with Gasteiger partial charge in [0.2, 0.25) is 0 Å². The van der Waals surface area contributed by atoms with Gasteiger partial charge >= 0.3 is 12.1 Å². The monoisotopic (exact) mass is 286 g/mol. The Labute approximate surface area is 120 Å². The van der Waals surface area contributed by atoms with Crippen molar-refractivity contribution in [3.8, 4) is 0 Å². The lowest BCUT2D eigenvalue weighted by Crippen LogP contribution is -2.30. The first-order valence-corrected chi connectivity index (χ1v) is 7.12. The van der Waals surface area contributed by atoms with Gasteiger partial charge in [-0.3, -0.25) is 4.79 Å². The number of carbonyl (C=O) groups excluding carboxylic acids is 1. The zero-order chi connectivity index (χ0) is 15.2. The van der Waals surface area contributed by atoms with Crippen LogP contribution in [0.3, 0.4) is 0 Å². The molecule has 0 fully saturated rings. The van der Waals surface area contributed by atoms with Gasteiger partial charge in [0.05, 0.1) is 6.61 Å². The number of unbranched alkanes of at least 4 members (excludes halogenated alkanes) is 2. The second-order valence-electron chi connectivity index (χ2n) is 4.55. The highest BCUT2D eigenvalue weighted by molar-refractivity contribution is 5.72. The summed E-state index contributed by atoms with van der Waals surface area (Å²) in [5, 5.41) is 11.2. The number of alkyl carbamates (subject to hydrolysis) is 1. The maximum absolute atomic E-state index is 11.3. The summed E-state index contributed by atoms with van der Waals surface area (Å²) in [6.45, 7) is 2.95. The van der Waals surface area contributed by atoms with Crippen molar-refractivity contribution < 1.29 is 19.4 Å². The fourth-order valence-electron chi connectivity index (χ4n) is 1.48. The maximum Gasteiger partial charge on any atom is 0.407 e. The van der Waals surface area contributed by atoms with Crippen LogP contribution in [0.15, 0.2) is 12.2 Å². The third-order valence-corrected chi connectivity index (χ3v) is 2.67. The van der Waals surface area contributed by atoms with Crippen LogP contribution in [0.2, 0.25) is 0 Å². The zero-order valence-corrected chi connectivity index (χ0v) is 12.1. The van der Waals surface area contributed by atoms with Gasteiger partial charge in [0.15, 0.2) is 0 Å². The Morgan fingerprint density at radius 3 is 2.65 bits per heavy atom. The van der Waals surface area contributed by atoms with Crippen molar-refractivity contribution in [2.75, 3.05) is 13.2 Å². The maximum atomic E-state index is 11.3. The summed E-state index contributed by atoms with van der Waals surface area (Å²) in [4.78, 5) is 21.7. The molecular weight excluding hydrogens is 260 g/mol. The van der Waals surface area contributed by atoms with Crippen molar-refractivity contribution in [1.82, 2.24) is 5.32 Å². The summed E-state index contributed by atoms with van der Waals surface area (Å²) in [6.07, 6.45) is 8.29. The molecule has 0 saturated carbocycles. The predicted molar refractivity (Wildman–Crippen MR) is 77.5 cm³/mol. The smallest absolute Gasteiger partial charge is 0.407 e. The number of amides is 1. The van der Waals surface area contributed by atoms with Crippen LogP contribution in [0.5, 0.6) is 0 Å². The Hall–Kier alpha value is -1.56. The molecule has 0 aliphatic carbocycles. The molecule has 0 rings (SSSR count). The SMILES string of the molecule is CCC/C=C/CCOC(=O)NCCCC[C@H](N)C(=O)O. The third kappa shape index (κ3) is 11.5. The van der Waals surface area contributed by atoms with Crippen LogP contribution >= 0.6 is 0 Å². The average Bonchev–Trinajstić information content (AvgIpc) is 2.41. The molecule has 0 aromatic rings. The fourth-order valence-corrected chi connectivity index (χ4v) is 1.48. The first-order chi connectivity index (χ1) is 9.57. The van der Waals surface area contributed by atoms with Crippen LogP contribution in [0, 0.1) is 0 Å². The first kappa shape index (κ1) is 18.4. The van der Waals surface area contributed by atoms with Crippen LogP contribution in [0.1, 0.15) is 45.4 Å². The van der Waals surface area contributed by atoms with Crippen molar-refractivity contribution in [2.45, 2.75) is 51.5 Å². The number of allylic oxidation sites excluding steroid dienone is 1. The van der Waals surface area contributed by atoms with Crippen molar-refractivity contribution in [3.63, 3.8) is 0 Å². The summed E-state index contributed by atoms with van der Waals surface area (Å²) < 4.78 is 4.97. The molecule has 1 atom stereocenters. The molecule has 6 heteroatoms. The number of rotatable bonds is 11. The minimum absolute atomic E-state index is 0.371. The number of ether oxygens (including phenoxy) is 1. The Bertz CT molecular complexity index is 306. The average molecular weight is 286 g/mol. The van der Waals surface area contributed by atoms with Crippen molar-refractivity contribution in [1.29, 1.82) is 0 Å². The lowest BCUT2D eigenvalue weighted by atomic mass is 10.1. The number of carboxylic acid groups (broad SMARTS) is 1. The summed E-state index contributed by atoms with van der Waals surface area (Å²) in [7, 11) is 0. The highest BCUT2D eigenvalue weighted by Gasteiger charge is 2.10. The largest absolute Gasteiger partial charge is 0.480 e. The lowest BCUT2D eigenvalue weighted by molar-refractivity contribution is -0.138. The number of hydrogen-bond acceptors (Lipinski definition) is 4. The van der Waals surface area contributed by atoms with Crippen LogP contribution in [-0.4, -0.2) is 36.4 Å². The molecule has 0 heterocycles. The van der Waals surface area contributed by atoms with E-state index in [4.69, 9.17) is 15.6 Å². The van der Waals surface area contributed by atoms with E-state index < -0.39 is 18.1 Å². The number of aliphatic carboxylic acids is 1. The van der Waals surface area contributed by atoms with Crippen LogP contribution in [0.4, 0.5) is 4.79 Å². The molecule has 20 heavy (non-hydrogen) atoms. The van der Waals surface area contributed by atoms with Gasteiger partial charge in [-0.05, 0) is 32.1 Å². The topological polar surface area (TPSA) is 102 Å². The van der Waals surface area contributed by atoms with E-state index >= 15 is 0 Å². The highest BCUT2D eigenvalue weighted by Crippen LogP contribution is 1.98. The van der Waals surface area contributed by atoms with Crippen molar-refractivity contribution >= 4 is 12.1 Å². The molecule has 4 N–H and O–H groups in total. The van der Waals surface area contributed by atoms with E-state index in [1.807, 2.05) is 6.08 Å². The lowest BCUT2D eigenvalue weighted by Gasteiger charge is -2.07. The van der Waals surface area contributed by atoms with Crippen molar-refractivity contribution in [3.05, 3.63) is 12.2 Å². The van der Waals surface area contributed by atoms with E-state index in [0.717, 1.165) is 19.3 Å². The van der Waals surface area contributed by atoms with E-state index in [1.54, 1.807) is 0 Å². The van der Waals surface area contributed by atoms with Crippen LogP contribution in [-0.2, 0) is 9.53 Å². The Kier molecular flexibility index (Phi) is 11.5. The van der Waals surface area contributed by atoms with Gasteiger partial charge in [-0.1, -0.05) is 25.5 Å². The van der Waals surface area contributed by atoms with Gasteiger partial charge < -0.3 is 20.9 Å². The summed E-state index contributed by atoms with van der Waals surface area (Å²) in [5.41, 5.74) is 5.36. The molecule has 0 aromatic heterocycles. The van der Waals surface area contributed by atoms with Crippen LogP contribution < -0.4 is 11.1 Å². The molecule has 6 nitrogen and oxygen atoms in total. The predicted octanol–water partition coefficient (Wildman–Crippen LogP) is 2.04. The van der Waals surface area contributed by atoms with Gasteiger partial charge in [0.25, 0.3) is 0 Å². The van der Waals surface area contributed by atoms with E-state index in [9.17, 15) is 9.59 Å². The molecule has 0 unspecified atom stereocenters. The molecule has 116 valence electrons. The third-order valence-electron chi connectivity index (χ3n) is 2.67. The van der Waals surface area contributed by atoms with Gasteiger partial charge in [0, 0.05) is 6.54 Å². The van der Waals surface area contributed by atoms with Crippen LogP contribution in [0.25, 0.3) is 0 Å². The minimum atomic E-state index is -0.992. The van der Waals surface area contributed by atoms with Gasteiger partial charge in [-0.25, -0.2) is 4.79 Å². The summed E-state index contributed by atoms with van der Waals surface area (Å²) >= 11 is 0. The molecule has 0 aliphatic rings. The summed E-state index contributed by atoms with van der Waals surface area (Å²) in [6, 6.07) is -0.822. The number of nitrogens with one attached hydrogen (secondary N) is 1. The zero-order valence-electron chi connectivity index (χ0n) is 12.1. The number of nitrogens with two attached hydrogens (primary N) is 1. The molecule has 0 saturated heterocycles. The van der Waals surface area contributed by atoms with E-state index in [2.05, 4.69) is 18.3 Å². The second-order valence-corrected chi connectivity index (χ2v) is 4.55. The minimum Gasteiger partial charge on any atom is -0.480 e. The number of hydrogen-bond donors (Lipinski definition) is 3. The molecular formula is C14H26N2O4. The van der Waals surface area contributed by atoms with Gasteiger partial charge in [-0.2, -0.15) is 0 Å². The molecule has 1 amide bonds. The highest BCUT2D eigenvalue weighted by atomic mass is 16.5. The number of carbonyl (C=O) groups is 2. The van der Waals surface area contributed by atoms with Gasteiger partial charge in [0.1, 0.15) is 6.04 Å². The molecule has 0 bridgehead atoms. The Balaban J connectivity index is 3.39. The van der Waals surface area contributed by atoms with E-state index in [0.29, 0.717) is 32.4 Å². The standard InChI is InChI=1S/C14H26N2O4/c1-2-3-4-5-8-11-20-14(19)16-10-7-6-9-12(15)13(17)18/h4-5,12H,2-3,6-11,15H2,1H3,(H,16,19)(H,17,18)/b5-4+/t12-/m0/s1. The normalized spacial score (nSPS) is 12.3. The van der Waals surface area contributed by atoms with E-state index in [-0.39, 0.29) is 0 Å².